The highest BCUT2D eigenvalue weighted by Gasteiger charge is 2.02. The van der Waals surface area contributed by atoms with Crippen molar-refractivity contribution in [3.8, 4) is 0 Å². The molecule has 3 aromatic rings. The van der Waals surface area contributed by atoms with Crippen LogP contribution in [0.15, 0.2) is 59.4 Å². The van der Waals surface area contributed by atoms with Crippen molar-refractivity contribution >= 4 is 10.9 Å². The van der Waals surface area contributed by atoms with Crippen molar-refractivity contribution < 1.29 is 0 Å². The molecule has 0 atom stereocenters. The molecule has 0 aliphatic heterocycles. The summed E-state index contributed by atoms with van der Waals surface area (Å²) in [5.41, 5.74) is 1.95. The first-order chi connectivity index (χ1) is 10.3. The van der Waals surface area contributed by atoms with Gasteiger partial charge in [-0.3, -0.25) is 4.79 Å². The molecule has 1 heterocycles. The van der Waals surface area contributed by atoms with E-state index < -0.39 is 0 Å². The fraction of sp³-hybridized carbons (Fsp3) is 0.176. The Bertz CT molecular complexity index is 781. The molecule has 0 saturated heterocycles. The van der Waals surface area contributed by atoms with E-state index in [0.717, 1.165) is 18.5 Å². The van der Waals surface area contributed by atoms with E-state index in [1.807, 2.05) is 36.4 Å². The summed E-state index contributed by atoms with van der Waals surface area (Å²) in [6.07, 6.45) is 0.957. The van der Waals surface area contributed by atoms with E-state index in [9.17, 15) is 4.79 Å². The number of rotatable bonds is 5. The first kappa shape index (κ1) is 13.5. The number of aromatic amines is 1. The molecule has 0 bridgehead atoms. The van der Waals surface area contributed by atoms with Gasteiger partial charge in [-0.15, -0.1) is 0 Å². The summed E-state index contributed by atoms with van der Waals surface area (Å²) >= 11 is 0. The Hall–Kier alpha value is -2.46. The molecule has 3 rings (SSSR count). The van der Waals surface area contributed by atoms with Crippen LogP contribution in [0.4, 0.5) is 0 Å². The molecule has 106 valence electrons. The van der Waals surface area contributed by atoms with Gasteiger partial charge in [-0.05, 0) is 30.7 Å². The summed E-state index contributed by atoms with van der Waals surface area (Å²) in [5, 5.41) is 3.94. The van der Waals surface area contributed by atoms with Gasteiger partial charge in [-0.25, -0.2) is 4.98 Å². The molecular weight excluding hydrogens is 262 g/mol. The van der Waals surface area contributed by atoms with E-state index in [2.05, 4.69) is 27.4 Å². The number of hydrogen-bond acceptors (Lipinski definition) is 3. The largest absolute Gasteiger partial charge is 0.310 e. The van der Waals surface area contributed by atoms with Crippen LogP contribution in [0.5, 0.6) is 0 Å². The third kappa shape index (κ3) is 3.35. The zero-order valence-electron chi connectivity index (χ0n) is 11.7. The molecule has 2 N–H and O–H groups in total. The van der Waals surface area contributed by atoms with Crippen LogP contribution in [-0.2, 0) is 13.0 Å². The standard InChI is InChI=1S/C17H17N3O/c21-17-14-8-4-5-9-15(14)19-16(20-17)12-18-11-10-13-6-2-1-3-7-13/h1-9,18H,10-12H2,(H,19,20,21). The molecule has 0 aliphatic rings. The van der Waals surface area contributed by atoms with Gasteiger partial charge >= 0.3 is 0 Å². The summed E-state index contributed by atoms with van der Waals surface area (Å²) in [6, 6.07) is 17.7. The zero-order chi connectivity index (χ0) is 14.5. The minimum Gasteiger partial charge on any atom is -0.310 e. The Kier molecular flexibility index (Phi) is 4.07. The predicted molar refractivity (Wildman–Crippen MR) is 84.2 cm³/mol. The summed E-state index contributed by atoms with van der Waals surface area (Å²) in [5.74, 6) is 0.673. The second-order valence-corrected chi connectivity index (χ2v) is 4.94. The highest BCUT2D eigenvalue weighted by Crippen LogP contribution is 2.05. The lowest BCUT2D eigenvalue weighted by Crippen LogP contribution is -2.21. The quantitative estimate of drug-likeness (QED) is 0.704. The molecule has 21 heavy (non-hydrogen) atoms. The molecule has 2 aromatic carbocycles. The Morgan fingerprint density at radius 3 is 2.62 bits per heavy atom. The van der Waals surface area contributed by atoms with Gasteiger partial charge in [0.1, 0.15) is 5.82 Å². The Balaban J connectivity index is 1.62. The van der Waals surface area contributed by atoms with E-state index in [1.54, 1.807) is 6.07 Å². The molecule has 4 heteroatoms. The average Bonchev–Trinajstić information content (AvgIpc) is 2.53. The molecular formula is C17H17N3O. The SMILES string of the molecule is O=c1[nH]c(CNCCc2ccccc2)nc2ccccc12. The number of aromatic nitrogens is 2. The Morgan fingerprint density at radius 1 is 1.00 bits per heavy atom. The zero-order valence-corrected chi connectivity index (χ0v) is 11.7. The van der Waals surface area contributed by atoms with Crippen molar-refractivity contribution in [3.05, 3.63) is 76.3 Å². The van der Waals surface area contributed by atoms with Crippen molar-refractivity contribution in [2.24, 2.45) is 0 Å². The van der Waals surface area contributed by atoms with Crippen LogP contribution in [0.1, 0.15) is 11.4 Å². The number of nitrogens with zero attached hydrogens (tertiary/aromatic N) is 1. The number of benzene rings is 2. The molecule has 0 saturated carbocycles. The number of para-hydroxylation sites is 1. The predicted octanol–water partition coefficient (Wildman–Crippen LogP) is 2.26. The minimum absolute atomic E-state index is 0.0829. The van der Waals surface area contributed by atoms with Crippen molar-refractivity contribution in [1.82, 2.24) is 15.3 Å². The maximum atomic E-state index is 11.9. The summed E-state index contributed by atoms with van der Waals surface area (Å²) in [7, 11) is 0. The third-order valence-electron chi connectivity index (χ3n) is 3.39. The molecule has 4 nitrogen and oxygen atoms in total. The number of hydrogen-bond donors (Lipinski definition) is 2. The van der Waals surface area contributed by atoms with E-state index in [4.69, 9.17) is 0 Å². The van der Waals surface area contributed by atoms with E-state index >= 15 is 0 Å². The molecule has 0 amide bonds. The highest BCUT2D eigenvalue weighted by molar-refractivity contribution is 5.77. The first-order valence-corrected chi connectivity index (χ1v) is 7.05. The maximum absolute atomic E-state index is 11.9. The lowest BCUT2D eigenvalue weighted by molar-refractivity contribution is 0.660. The fourth-order valence-electron chi connectivity index (χ4n) is 2.30. The van der Waals surface area contributed by atoms with Crippen molar-refractivity contribution in [3.63, 3.8) is 0 Å². The van der Waals surface area contributed by atoms with Gasteiger partial charge in [0.2, 0.25) is 0 Å². The van der Waals surface area contributed by atoms with Crippen LogP contribution in [-0.4, -0.2) is 16.5 Å². The highest BCUT2D eigenvalue weighted by atomic mass is 16.1. The lowest BCUT2D eigenvalue weighted by Gasteiger charge is -2.05. The second-order valence-electron chi connectivity index (χ2n) is 4.94. The lowest BCUT2D eigenvalue weighted by atomic mass is 10.1. The number of H-pyrrole nitrogens is 1. The topological polar surface area (TPSA) is 57.8 Å². The normalized spacial score (nSPS) is 10.9. The maximum Gasteiger partial charge on any atom is 0.258 e. The summed E-state index contributed by atoms with van der Waals surface area (Å²) in [4.78, 5) is 19.2. The monoisotopic (exact) mass is 279 g/mol. The van der Waals surface area contributed by atoms with Crippen LogP contribution >= 0.6 is 0 Å². The smallest absolute Gasteiger partial charge is 0.258 e. The molecule has 0 unspecified atom stereocenters. The summed E-state index contributed by atoms with van der Waals surface area (Å²) < 4.78 is 0. The van der Waals surface area contributed by atoms with Crippen molar-refractivity contribution in [2.45, 2.75) is 13.0 Å². The molecule has 0 fully saturated rings. The Labute approximate surface area is 122 Å². The summed E-state index contributed by atoms with van der Waals surface area (Å²) in [6.45, 7) is 1.41. The second kappa shape index (κ2) is 6.33. The third-order valence-corrected chi connectivity index (χ3v) is 3.39. The van der Waals surface area contributed by atoms with Crippen LogP contribution in [0, 0.1) is 0 Å². The number of fused-ring (bicyclic) bond motifs is 1. The van der Waals surface area contributed by atoms with Gasteiger partial charge in [-0.2, -0.15) is 0 Å². The minimum atomic E-state index is -0.0829. The van der Waals surface area contributed by atoms with Crippen LogP contribution < -0.4 is 10.9 Å². The van der Waals surface area contributed by atoms with Crippen molar-refractivity contribution in [2.75, 3.05) is 6.54 Å². The van der Waals surface area contributed by atoms with Crippen LogP contribution in [0.3, 0.4) is 0 Å². The van der Waals surface area contributed by atoms with Crippen LogP contribution in [0.2, 0.25) is 0 Å². The Morgan fingerprint density at radius 2 is 1.76 bits per heavy atom. The fourth-order valence-corrected chi connectivity index (χ4v) is 2.30. The van der Waals surface area contributed by atoms with E-state index in [-0.39, 0.29) is 5.56 Å². The van der Waals surface area contributed by atoms with E-state index in [1.165, 1.54) is 5.56 Å². The van der Waals surface area contributed by atoms with Crippen LogP contribution in [0.25, 0.3) is 10.9 Å². The molecule has 0 radical (unpaired) electrons. The van der Waals surface area contributed by atoms with E-state index in [0.29, 0.717) is 17.8 Å². The van der Waals surface area contributed by atoms with Gasteiger partial charge in [0.25, 0.3) is 5.56 Å². The molecule has 0 aliphatic carbocycles. The van der Waals surface area contributed by atoms with Gasteiger partial charge < -0.3 is 10.3 Å². The van der Waals surface area contributed by atoms with Gasteiger partial charge in [0.05, 0.1) is 17.4 Å². The number of nitrogens with one attached hydrogen (secondary N) is 2. The van der Waals surface area contributed by atoms with Gasteiger partial charge in [-0.1, -0.05) is 42.5 Å². The van der Waals surface area contributed by atoms with Crippen molar-refractivity contribution in [1.29, 1.82) is 0 Å². The first-order valence-electron chi connectivity index (χ1n) is 7.05. The average molecular weight is 279 g/mol. The molecule has 0 spiro atoms. The van der Waals surface area contributed by atoms with Gasteiger partial charge in [0.15, 0.2) is 0 Å². The van der Waals surface area contributed by atoms with Gasteiger partial charge in [0, 0.05) is 0 Å². The molecule has 1 aromatic heterocycles.